The van der Waals surface area contributed by atoms with Crippen LogP contribution in [0.15, 0.2) is 259 Å². The molecule has 1 aliphatic carbocycles. The minimum atomic E-state index is -0.539. The highest BCUT2D eigenvalue weighted by atomic mass is 16.3. The topological polar surface area (TPSA) is 21.3 Å². The average Bonchev–Trinajstić information content (AvgIpc) is 4.06. The van der Waals surface area contributed by atoms with Gasteiger partial charge in [0.1, 0.15) is 11.2 Å². The SMILES string of the molecule is c1ccc(N(c2ccc3c(c2)C(c2ccccc2)(c2ccccc2)c2ccccc2-3)c2cc(-c3ccc4c(c3)c3ccc5ccccc5c3n4-c3ccccc3)c3oc4ccccc4c3c2)cc1. The number of fused-ring (bicyclic) bond motifs is 11. The van der Waals surface area contributed by atoms with E-state index in [0.29, 0.717) is 0 Å². The Morgan fingerprint density at radius 3 is 1.79 bits per heavy atom. The zero-order valence-electron chi connectivity index (χ0n) is 37.1. The van der Waals surface area contributed by atoms with E-state index in [4.69, 9.17) is 4.42 Å². The van der Waals surface area contributed by atoms with Crippen molar-refractivity contribution in [1.29, 1.82) is 0 Å². The van der Waals surface area contributed by atoms with Crippen molar-refractivity contribution < 1.29 is 4.42 Å². The summed E-state index contributed by atoms with van der Waals surface area (Å²) in [6.07, 6.45) is 0. The van der Waals surface area contributed by atoms with Gasteiger partial charge in [-0.2, -0.15) is 0 Å². The molecular weight excluding hydrogens is 825 g/mol. The van der Waals surface area contributed by atoms with Gasteiger partial charge in [0, 0.05) is 55.2 Å². The van der Waals surface area contributed by atoms with Gasteiger partial charge in [-0.1, -0.05) is 188 Å². The number of hydrogen-bond donors (Lipinski definition) is 0. The Morgan fingerprint density at radius 1 is 0.368 bits per heavy atom. The Morgan fingerprint density at radius 2 is 1.01 bits per heavy atom. The summed E-state index contributed by atoms with van der Waals surface area (Å²) < 4.78 is 9.34. The molecule has 11 aromatic carbocycles. The van der Waals surface area contributed by atoms with E-state index in [1.807, 2.05) is 0 Å². The molecule has 0 amide bonds. The molecule has 2 aromatic heterocycles. The van der Waals surface area contributed by atoms with Crippen LogP contribution in [-0.4, -0.2) is 4.57 Å². The monoisotopic (exact) mass is 866 g/mol. The van der Waals surface area contributed by atoms with Crippen molar-refractivity contribution >= 4 is 71.6 Å². The van der Waals surface area contributed by atoms with Crippen molar-refractivity contribution in [3.8, 4) is 27.9 Å². The summed E-state index contributed by atoms with van der Waals surface area (Å²) in [7, 11) is 0. The third-order valence-electron chi connectivity index (χ3n) is 14.4. The van der Waals surface area contributed by atoms with Crippen LogP contribution in [0, 0.1) is 0 Å². The maximum Gasteiger partial charge on any atom is 0.143 e. The Labute approximate surface area is 394 Å². The van der Waals surface area contributed by atoms with Crippen LogP contribution in [0.25, 0.3) is 82.5 Å². The number of anilines is 3. The van der Waals surface area contributed by atoms with Gasteiger partial charge in [0.05, 0.1) is 16.4 Å². The van der Waals surface area contributed by atoms with E-state index >= 15 is 0 Å². The van der Waals surface area contributed by atoms with E-state index in [-0.39, 0.29) is 0 Å². The van der Waals surface area contributed by atoms with E-state index in [0.717, 1.165) is 61.3 Å². The highest BCUT2D eigenvalue weighted by Gasteiger charge is 2.46. The number of rotatable bonds is 7. The molecule has 3 nitrogen and oxygen atoms in total. The number of benzene rings is 11. The third-order valence-corrected chi connectivity index (χ3v) is 14.4. The van der Waals surface area contributed by atoms with Gasteiger partial charge in [-0.3, -0.25) is 0 Å². The van der Waals surface area contributed by atoms with E-state index in [9.17, 15) is 0 Å². The predicted octanol–water partition coefficient (Wildman–Crippen LogP) is 17.3. The summed E-state index contributed by atoms with van der Waals surface area (Å²) in [6, 6.07) is 93.1. The van der Waals surface area contributed by atoms with E-state index in [1.54, 1.807) is 0 Å². The Kier molecular flexibility index (Phi) is 8.50. The zero-order valence-corrected chi connectivity index (χ0v) is 37.1. The van der Waals surface area contributed by atoms with Crippen LogP contribution in [0.5, 0.6) is 0 Å². The van der Waals surface area contributed by atoms with Gasteiger partial charge in [0.15, 0.2) is 0 Å². The van der Waals surface area contributed by atoms with Gasteiger partial charge in [-0.05, 0) is 111 Å². The van der Waals surface area contributed by atoms with Crippen LogP contribution in [-0.2, 0) is 5.41 Å². The first-order chi connectivity index (χ1) is 33.7. The maximum atomic E-state index is 6.91. The number of para-hydroxylation sites is 3. The number of furan rings is 1. The second-order valence-corrected chi connectivity index (χ2v) is 18.0. The van der Waals surface area contributed by atoms with Crippen LogP contribution in [0.2, 0.25) is 0 Å². The summed E-state index contributed by atoms with van der Waals surface area (Å²) >= 11 is 0. The van der Waals surface area contributed by atoms with Crippen molar-refractivity contribution in [2.45, 2.75) is 5.41 Å². The second-order valence-electron chi connectivity index (χ2n) is 18.0. The third kappa shape index (κ3) is 5.60. The molecule has 1 aliphatic rings. The summed E-state index contributed by atoms with van der Waals surface area (Å²) in [6.45, 7) is 0. The van der Waals surface area contributed by atoms with Crippen LogP contribution in [0.4, 0.5) is 17.1 Å². The van der Waals surface area contributed by atoms with Crippen LogP contribution >= 0.6 is 0 Å². The van der Waals surface area contributed by atoms with Gasteiger partial charge in [-0.15, -0.1) is 0 Å². The van der Waals surface area contributed by atoms with Crippen molar-refractivity contribution in [2.75, 3.05) is 4.90 Å². The normalized spacial score (nSPS) is 12.8. The molecule has 0 aliphatic heterocycles. The van der Waals surface area contributed by atoms with Crippen molar-refractivity contribution in [2.24, 2.45) is 0 Å². The lowest BCUT2D eigenvalue weighted by molar-refractivity contribution is 0.670. The fraction of sp³-hybridized carbons (Fsp3) is 0.0154. The molecule has 3 heteroatoms. The summed E-state index contributed by atoms with van der Waals surface area (Å²) in [5.41, 5.74) is 17.6. The first-order valence-corrected chi connectivity index (χ1v) is 23.4. The summed E-state index contributed by atoms with van der Waals surface area (Å²) in [4.78, 5) is 2.43. The fourth-order valence-corrected chi connectivity index (χ4v) is 11.5. The number of nitrogens with zero attached hydrogens (tertiary/aromatic N) is 2. The van der Waals surface area contributed by atoms with Gasteiger partial charge < -0.3 is 13.9 Å². The molecule has 2 heterocycles. The van der Waals surface area contributed by atoms with E-state index in [1.165, 1.54) is 60.4 Å². The maximum absolute atomic E-state index is 6.91. The fourth-order valence-electron chi connectivity index (χ4n) is 11.5. The van der Waals surface area contributed by atoms with Crippen molar-refractivity contribution in [1.82, 2.24) is 4.57 Å². The van der Waals surface area contributed by atoms with Crippen LogP contribution < -0.4 is 4.90 Å². The van der Waals surface area contributed by atoms with E-state index in [2.05, 4.69) is 264 Å². The Balaban J connectivity index is 1.04. The molecule has 68 heavy (non-hydrogen) atoms. The second kappa shape index (κ2) is 15.1. The molecule has 0 radical (unpaired) electrons. The molecule has 0 unspecified atom stereocenters. The molecule has 318 valence electrons. The Bertz CT molecular complexity index is 4040. The molecule has 0 bridgehead atoms. The largest absolute Gasteiger partial charge is 0.455 e. The lowest BCUT2D eigenvalue weighted by Gasteiger charge is -2.35. The molecule has 0 N–H and O–H groups in total. The lowest BCUT2D eigenvalue weighted by Crippen LogP contribution is -2.28. The van der Waals surface area contributed by atoms with Crippen LogP contribution in [0.1, 0.15) is 22.3 Å². The van der Waals surface area contributed by atoms with Gasteiger partial charge in [0.25, 0.3) is 0 Å². The highest BCUT2D eigenvalue weighted by Crippen LogP contribution is 2.57. The quantitative estimate of drug-likeness (QED) is 0.159. The molecule has 13 aromatic rings. The van der Waals surface area contributed by atoms with Gasteiger partial charge >= 0.3 is 0 Å². The predicted molar refractivity (Wildman–Crippen MR) is 283 cm³/mol. The van der Waals surface area contributed by atoms with E-state index < -0.39 is 5.41 Å². The van der Waals surface area contributed by atoms with Crippen molar-refractivity contribution in [3.63, 3.8) is 0 Å². The summed E-state index contributed by atoms with van der Waals surface area (Å²) in [5, 5.41) is 7.02. The molecule has 0 saturated carbocycles. The minimum Gasteiger partial charge on any atom is -0.455 e. The van der Waals surface area contributed by atoms with Crippen LogP contribution in [0.3, 0.4) is 0 Å². The minimum absolute atomic E-state index is 0.539. The smallest absolute Gasteiger partial charge is 0.143 e. The molecule has 0 spiro atoms. The number of aromatic nitrogens is 1. The first kappa shape index (κ1) is 38.4. The standard InChI is InChI=1S/C65H42N2O/c1-5-20-45(21-6-1)65(46-22-7-2-8-23-46)59-31-17-15-29-52(59)53-37-35-49(42-60(53)65)66(47-24-9-3-10-25-47)50-40-56(64-58(41-50)54-30-16-18-32-62(54)68-64)44-34-38-61-57(39-44)55-36-33-43-19-13-14-28-51(43)63(55)67(61)48-26-11-4-12-27-48/h1-42H. The van der Waals surface area contributed by atoms with Gasteiger partial charge in [-0.25, -0.2) is 0 Å². The molecule has 0 fully saturated rings. The zero-order chi connectivity index (χ0) is 44.8. The first-order valence-electron chi connectivity index (χ1n) is 23.4. The lowest BCUT2D eigenvalue weighted by atomic mass is 9.67. The molecule has 14 rings (SSSR count). The average molecular weight is 867 g/mol. The molecular formula is C65H42N2O. The summed E-state index contributed by atoms with van der Waals surface area (Å²) in [5.74, 6) is 0. The van der Waals surface area contributed by atoms with Gasteiger partial charge in [0.2, 0.25) is 0 Å². The number of hydrogen-bond acceptors (Lipinski definition) is 2. The molecule has 0 saturated heterocycles. The van der Waals surface area contributed by atoms with Crippen molar-refractivity contribution in [3.05, 3.63) is 277 Å². The highest BCUT2D eigenvalue weighted by molar-refractivity contribution is 6.20. The molecule has 0 atom stereocenters. The Hall–Kier alpha value is -8.92.